The summed E-state index contributed by atoms with van der Waals surface area (Å²) in [5.74, 6) is -2.53. The number of halogens is 1. The van der Waals surface area contributed by atoms with Crippen molar-refractivity contribution in [3.8, 4) is 0 Å². The second-order valence-electron chi connectivity index (χ2n) is 15.3. The first-order chi connectivity index (χ1) is 26.8. The van der Waals surface area contributed by atoms with Gasteiger partial charge in [0.05, 0.1) is 31.0 Å². The first kappa shape index (κ1) is 57.9. The van der Waals surface area contributed by atoms with Crippen molar-refractivity contribution in [3.05, 3.63) is 0 Å². The highest BCUT2D eigenvalue weighted by Crippen LogP contribution is 2.33. The number of cyclic esters (lactones) is 1. The van der Waals surface area contributed by atoms with Crippen LogP contribution in [0.2, 0.25) is 0 Å². The molecular formula is C41H78IN3O13. The van der Waals surface area contributed by atoms with Gasteiger partial charge in [-0.05, 0) is 53.1 Å². The molecule has 2 amide bonds. The van der Waals surface area contributed by atoms with Gasteiger partial charge in [0.2, 0.25) is 0 Å². The number of ether oxygens (including phenoxy) is 7. The zero-order chi connectivity index (χ0) is 44.2. The molecule has 58 heavy (non-hydrogen) atoms. The fourth-order valence-electron chi connectivity index (χ4n) is 7.57. The summed E-state index contributed by atoms with van der Waals surface area (Å²) in [4.78, 5) is 62.4. The van der Waals surface area contributed by atoms with E-state index in [9.17, 15) is 29.1 Å². The predicted molar refractivity (Wildman–Crippen MR) is 230 cm³/mol. The van der Waals surface area contributed by atoms with Crippen molar-refractivity contribution in [2.75, 3.05) is 27.8 Å². The number of nitrogens with one attached hydrogen (secondary N) is 1. The Balaban J connectivity index is 0. The molecule has 3 saturated heterocycles. The largest absolute Gasteiger partial charge is 0.460 e. The number of esters is 1. The second-order valence-corrected chi connectivity index (χ2v) is 15.3. The topological polar surface area (TPSA) is 211 Å². The summed E-state index contributed by atoms with van der Waals surface area (Å²) < 4.78 is 38.7. The molecule has 17 heteroatoms. The molecule has 3 heterocycles. The van der Waals surface area contributed by atoms with Gasteiger partial charge in [-0.15, -0.1) is 24.0 Å². The molecule has 342 valence electrons. The quantitative estimate of drug-likeness (QED) is 0.0676. The standard InChI is InChI=1S/C29H48N2O11.C8H17NO2.2C2H6.HI/c1-14(25(34)18(5)24-22(13-37-8)41-29(36)31-24)9-21(40-28(30)35)10-15(2)26(17(4)12-32)42-23-11-16(3)27(19(6)38-23)39-20(7)33;1-6-4-7(9(2)3)5-8(10)11-6;2*1-2;/h12,14-19,21-24,26-27H,9-11,13H2,1-8H3,(H2,30,35)(H,31,36);6-8,10H,4-5H2,1-3H3;2*1-2H3;1H/t14-,15-,16?,17?,18?,19?,21?,22?,23+,24?,26+,27-;;;;/m1..../s1. The maximum absolute atomic E-state index is 13.4. The van der Waals surface area contributed by atoms with Crippen molar-refractivity contribution in [1.82, 2.24) is 10.2 Å². The fourth-order valence-corrected chi connectivity index (χ4v) is 7.57. The molecule has 0 aliphatic carbocycles. The van der Waals surface area contributed by atoms with Gasteiger partial charge < -0.3 is 59.0 Å². The van der Waals surface area contributed by atoms with Gasteiger partial charge in [-0.25, -0.2) is 9.59 Å². The zero-order valence-electron chi connectivity index (χ0n) is 37.8. The average molecular weight is 948 g/mol. The number of rotatable bonds is 17. The molecule has 0 radical (unpaired) electrons. The van der Waals surface area contributed by atoms with E-state index in [1.165, 1.54) is 14.0 Å². The van der Waals surface area contributed by atoms with Crippen LogP contribution in [0.3, 0.4) is 0 Å². The number of aldehydes is 1. The number of aliphatic hydroxyl groups excluding tert-OH is 1. The summed E-state index contributed by atoms with van der Waals surface area (Å²) in [6.07, 6.45) is -1.94. The average Bonchev–Trinajstić information content (AvgIpc) is 3.51. The minimum atomic E-state index is -0.979. The van der Waals surface area contributed by atoms with Crippen molar-refractivity contribution in [2.45, 2.75) is 176 Å². The molecule has 16 nitrogen and oxygen atoms in total. The third kappa shape index (κ3) is 19.9. The van der Waals surface area contributed by atoms with E-state index in [0.717, 1.165) is 19.1 Å². The van der Waals surface area contributed by atoms with Crippen LogP contribution in [-0.4, -0.2) is 129 Å². The molecule has 3 rings (SSSR count). The number of primary amides is 1. The van der Waals surface area contributed by atoms with Crippen molar-refractivity contribution in [3.63, 3.8) is 0 Å². The zero-order valence-corrected chi connectivity index (χ0v) is 40.1. The molecular weight excluding hydrogens is 869 g/mol. The Morgan fingerprint density at radius 2 is 1.60 bits per heavy atom. The molecule has 3 fully saturated rings. The molecule has 0 spiro atoms. The third-order valence-corrected chi connectivity index (χ3v) is 10.3. The van der Waals surface area contributed by atoms with E-state index in [0.29, 0.717) is 12.5 Å². The van der Waals surface area contributed by atoms with E-state index < -0.39 is 79.1 Å². The molecule has 0 aromatic rings. The van der Waals surface area contributed by atoms with Gasteiger partial charge in [-0.3, -0.25) is 9.59 Å². The first-order valence-electron chi connectivity index (χ1n) is 20.7. The molecule has 0 bridgehead atoms. The highest BCUT2D eigenvalue weighted by Gasteiger charge is 2.43. The van der Waals surface area contributed by atoms with Gasteiger partial charge in [-0.2, -0.15) is 0 Å². The number of methoxy groups -OCH3 is 1. The normalized spacial score (nSPS) is 29.5. The van der Waals surface area contributed by atoms with E-state index in [-0.39, 0.29) is 73.1 Å². The van der Waals surface area contributed by atoms with Gasteiger partial charge in [0.15, 0.2) is 12.6 Å². The van der Waals surface area contributed by atoms with Crippen LogP contribution in [0.4, 0.5) is 9.59 Å². The van der Waals surface area contributed by atoms with E-state index in [2.05, 4.69) is 10.2 Å². The Hall–Kier alpha value is -2.16. The molecule has 0 aromatic carbocycles. The van der Waals surface area contributed by atoms with Crippen molar-refractivity contribution < 1.29 is 62.2 Å². The Morgan fingerprint density at radius 3 is 2.09 bits per heavy atom. The lowest BCUT2D eigenvalue weighted by Crippen LogP contribution is -2.48. The van der Waals surface area contributed by atoms with Gasteiger partial charge in [-0.1, -0.05) is 62.3 Å². The lowest BCUT2D eigenvalue weighted by atomic mass is 9.82. The molecule has 0 saturated carbocycles. The number of carbonyl (C=O) groups excluding carboxylic acids is 5. The second kappa shape index (κ2) is 30.0. The van der Waals surface area contributed by atoms with E-state index >= 15 is 0 Å². The van der Waals surface area contributed by atoms with Crippen molar-refractivity contribution >= 4 is 54.2 Å². The van der Waals surface area contributed by atoms with Crippen LogP contribution >= 0.6 is 24.0 Å². The minimum absolute atomic E-state index is 0. The Morgan fingerprint density at radius 1 is 1.00 bits per heavy atom. The van der Waals surface area contributed by atoms with Crippen LogP contribution in [0, 0.1) is 29.6 Å². The van der Waals surface area contributed by atoms with E-state index in [1.54, 1.807) is 27.7 Å². The van der Waals surface area contributed by atoms with Gasteiger partial charge in [0.1, 0.15) is 30.4 Å². The van der Waals surface area contributed by atoms with E-state index in [4.69, 9.17) is 38.9 Å². The maximum atomic E-state index is 13.4. The van der Waals surface area contributed by atoms with Crippen LogP contribution in [0.5, 0.6) is 0 Å². The highest BCUT2D eigenvalue weighted by atomic mass is 127. The molecule has 15 atom stereocenters. The van der Waals surface area contributed by atoms with Gasteiger partial charge in [0, 0.05) is 56.6 Å². The fraction of sp³-hybridized carbons (Fsp3) is 0.878. The van der Waals surface area contributed by atoms with Crippen LogP contribution in [0.25, 0.3) is 0 Å². The number of hydrogen-bond acceptors (Lipinski definition) is 14. The summed E-state index contributed by atoms with van der Waals surface area (Å²) in [5, 5.41) is 11.9. The van der Waals surface area contributed by atoms with E-state index in [1.807, 2.05) is 62.6 Å². The number of alkyl carbamates (subject to hydrolysis) is 1. The molecule has 3 aliphatic heterocycles. The number of nitrogens with two attached hydrogens (primary N) is 1. The van der Waals surface area contributed by atoms with Crippen molar-refractivity contribution in [1.29, 1.82) is 0 Å². The number of amides is 2. The third-order valence-electron chi connectivity index (χ3n) is 10.3. The number of nitrogens with zero attached hydrogens (tertiary/aromatic N) is 1. The minimum Gasteiger partial charge on any atom is -0.460 e. The summed E-state index contributed by atoms with van der Waals surface area (Å²) in [6, 6.07) is -0.0949. The predicted octanol–water partition coefficient (Wildman–Crippen LogP) is 5.86. The van der Waals surface area contributed by atoms with Crippen LogP contribution < -0.4 is 11.1 Å². The number of carbonyl (C=O) groups is 5. The summed E-state index contributed by atoms with van der Waals surface area (Å²) in [7, 11) is 5.56. The lowest BCUT2D eigenvalue weighted by Gasteiger charge is -2.41. The molecule has 3 aliphatic rings. The summed E-state index contributed by atoms with van der Waals surface area (Å²) in [5.41, 5.74) is 5.37. The van der Waals surface area contributed by atoms with Gasteiger partial charge >= 0.3 is 18.2 Å². The lowest BCUT2D eigenvalue weighted by molar-refractivity contribution is -0.262. The Labute approximate surface area is 365 Å². The number of aliphatic hydroxyl groups is 1. The molecule has 10 unspecified atom stereocenters. The number of hydrogen-bond donors (Lipinski definition) is 3. The monoisotopic (exact) mass is 947 g/mol. The number of ketones is 1. The van der Waals surface area contributed by atoms with Gasteiger partial charge in [0.25, 0.3) is 0 Å². The Bertz CT molecular complexity index is 1180. The molecule has 4 N–H and O–H groups in total. The van der Waals surface area contributed by atoms with Crippen molar-refractivity contribution in [2.24, 2.45) is 35.3 Å². The van der Waals surface area contributed by atoms with Crippen LogP contribution in [0.1, 0.15) is 115 Å². The SMILES string of the molecule is CC.CC.CC1CC(N(C)C)CC(O)O1.COCC1OC(=O)NC1C(C)C(=O)[C@H](C)CC(C[C@@H](C)[C@H](O[C@H]1CC(C)[C@@H](OC(C)=O)C(C)O1)C(C)C=O)OC(N)=O.I. The Kier molecular flexibility index (Phi) is 29.9. The maximum Gasteiger partial charge on any atom is 0.407 e. The molecule has 0 aromatic heterocycles. The summed E-state index contributed by atoms with van der Waals surface area (Å²) >= 11 is 0. The van der Waals surface area contributed by atoms with Crippen LogP contribution in [-0.2, 0) is 47.5 Å². The smallest absolute Gasteiger partial charge is 0.407 e. The first-order valence-corrected chi connectivity index (χ1v) is 20.7. The van der Waals surface area contributed by atoms with Crippen LogP contribution in [0.15, 0.2) is 0 Å². The highest BCUT2D eigenvalue weighted by molar-refractivity contribution is 14.0. The number of Topliss-reactive ketones (excluding diaryl/α,β-unsaturated/α-hetero) is 1. The summed E-state index contributed by atoms with van der Waals surface area (Å²) in [6.45, 7) is 22.3.